The number of aromatic nitrogens is 3. The highest BCUT2D eigenvalue weighted by molar-refractivity contribution is 6.00. The number of carbonyl (C=O) groups excluding carboxylic acids is 1. The van der Waals surface area contributed by atoms with E-state index in [1.54, 1.807) is 30.2 Å². The van der Waals surface area contributed by atoms with Gasteiger partial charge in [0.15, 0.2) is 0 Å². The maximum atomic E-state index is 12.5. The van der Waals surface area contributed by atoms with Crippen molar-refractivity contribution < 1.29 is 14.6 Å². The standard InChI is InChI=1S/C14H18N4O3/c1-17(10-14(20)2-6-21-7-3-14)13(19)11-8-16-18-5-4-15-9-12(11)18/h4-5,8-9,20H,2-3,6-7,10H2,1H3. The van der Waals surface area contributed by atoms with Crippen molar-refractivity contribution >= 4 is 11.4 Å². The van der Waals surface area contributed by atoms with Gasteiger partial charge < -0.3 is 14.7 Å². The smallest absolute Gasteiger partial charge is 0.257 e. The highest BCUT2D eigenvalue weighted by Gasteiger charge is 2.33. The fourth-order valence-electron chi connectivity index (χ4n) is 2.63. The van der Waals surface area contributed by atoms with E-state index in [4.69, 9.17) is 4.74 Å². The topological polar surface area (TPSA) is 80.0 Å². The number of carbonyl (C=O) groups is 1. The number of amides is 1. The number of fused-ring (bicyclic) bond motifs is 1. The first-order valence-electron chi connectivity index (χ1n) is 6.92. The van der Waals surface area contributed by atoms with Crippen molar-refractivity contribution in [2.45, 2.75) is 18.4 Å². The van der Waals surface area contributed by atoms with Gasteiger partial charge in [0, 0.05) is 52.0 Å². The van der Waals surface area contributed by atoms with Crippen LogP contribution in [0.5, 0.6) is 0 Å². The van der Waals surface area contributed by atoms with Crippen molar-refractivity contribution in [2.75, 3.05) is 26.8 Å². The van der Waals surface area contributed by atoms with E-state index < -0.39 is 5.60 Å². The van der Waals surface area contributed by atoms with Gasteiger partial charge in [0.2, 0.25) is 0 Å². The van der Waals surface area contributed by atoms with Crippen LogP contribution >= 0.6 is 0 Å². The lowest BCUT2D eigenvalue weighted by molar-refractivity contribution is -0.0734. The second-order valence-corrected chi connectivity index (χ2v) is 5.46. The van der Waals surface area contributed by atoms with E-state index in [1.807, 2.05) is 0 Å². The third-order valence-electron chi connectivity index (χ3n) is 3.86. The van der Waals surface area contributed by atoms with Gasteiger partial charge in [0.25, 0.3) is 5.91 Å². The first-order chi connectivity index (χ1) is 10.1. The molecule has 1 saturated heterocycles. The lowest BCUT2D eigenvalue weighted by atomic mass is 9.94. The first-order valence-corrected chi connectivity index (χ1v) is 6.92. The highest BCUT2D eigenvalue weighted by atomic mass is 16.5. The second kappa shape index (κ2) is 5.42. The van der Waals surface area contributed by atoms with Crippen LogP contribution in [-0.2, 0) is 4.74 Å². The van der Waals surface area contributed by atoms with Crippen molar-refractivity contribution in [3.05, 3.63) is 30.4 Å². The minimum absolute atomic E-state index is 0.169. The van der Waals surface area contributed by atoms with E-state index in [2.05, 4.69) is 10.1 Å². The molecule has 1 N–H and O–H groups in total. The predicted octanol–water partition coefficient (Wildman–Crippen LogP) is 0.343. The third-order valence-corrected chi connectivity index (χ3v) is 3.86. The number of hydrogen-bond donors (Lipinski definition) is 1. The van der Waals surface area contributed by atoms with Gasteiger partial charge >= 0.3 is 0 Å². The molecule has 3 rings (SSSR count). The molecule has 0 aromatic carbocycles. The molecule has 1 fully saturated rings. The Hall–Kier alpha value is -1.99. The van der Waals surface area contributed by atoms with Gasteiger partial charge in [-0.2, -0.15) is 5.10 Å². The van der Waals surface area contributed by atoms with Gasteiger partial charge in [-0.1, -0.05) is 0 Å². The summed E-state index contributed by atoms with van der Waals surface area (Å²) in [6.07, 6.45) is 7.53. The van der Waals surface area contributed by atoms with E-state index in [9.17, 15) is 9.90 Å². The zero-order valence-electron chi connectivity index (χ0n) is 11.9. The molecule has 1 amide bonds. The summed E-state index contributed by atoms with van der Waals surface area (Å²) in [7, 11) is 1.69. The number of aliphatic hydroxyl groups is 1. The third kappa shape index (κ3) is 2.74. The van der Waals surface area contributed by atoms with Crippen molar-refractivity contribution in [3.63, 3.8) is 0 Å². The summed E-state index contributed by atoms with van der Waals surface area (Å²) in [5, 5.41) is 14.6. The van der Waals surface area contributed by atoms with Crippen molar-refractivity contribution in [3.8, 4) is 0 Å². The van der Waals surface area contributed by atoms with Crippen molar-refractivity contribution in [1.82, 2.24) is 19.5 Å². The molecule has 2 aromatic rings. The monoisotopic (exact) mass is 290 g/mol. The van der Waals surface area contributed by atoms with Crippen LogP contribution in [0.1, 0.15) is 23.2 Å². The number of ether oxygens (including phenoxy) is 1. The summed E-state index contributed by atoms with van der Waals surface area (Å²) < 4.78 is 6.86. The van der Waals surface area contributed by atoms with Gasteiger partial charge in [0.1, 0.15) is 0 Å². The van der Waals surface area contributed by atoms with E-state index in [1.165, 1.54) is 11.1 Å². The molecule has 0 radical (unpaired) electrons. The van der Waals surface area contributed by atoms with Crippen LogP contribution in [0.15, 0.2) is 24.8 Å². The van der Waals surface area contributed by atoms with Crippen LogP contribution in [0.2, 0.25) is 0 Å². The Morgan fingerprint density at radius 2 is 2.24 bits per heavy atom. The maximum absolute atomic E-state index is 12.5. The number of likely N-dealkylation sites (N-methyl/N-ethyl adjacent to an activating group) is 1. The zero-order chi connectivity index (χ0) is 14.9. The zero-order valence-corrected chi connectivity index (χ0v) is 11.9. The number of hydrogen-bond acceptors (Lipinski definition) is 5. The molecule has 0 saturated carbocycles. The van der Waals surface area contributed by atoms with Crippen LogP contribution in [0.3, 0.4) is 0 Å². The van der Waals surface area contributed by atoms with Gasteiger partial charge in [-0.25, -0.2) is 4.52 Å². The minimum atomic E-state index is -0.871. The molecule has 112 valence electrons. The average molecular weight is 290 g/mol. The van der Waals surface area contributed by atoms with Crippen molar-refractivity contribution in [2.24, 2.45) is 0 Å². The maximum Gasteiger partial charge on any atom is 0.257 e. The summed E-state index contributed by atoms with van der Waals surface area (Å²) in [6.45, 7) is 1.34. The highest BCUT2D eigenvalue weighted by Crippen LogP contribution is 2.22. The lowest BCUT2D eigenvalue weighted by Gasteiger charge is -2.35. The van der Waals surface area contributed by atoms with Crippen LogP contribution in [0, 0.1) is 0 Å². The molecule has 0 bridgehead atoms. The molecule has 3 heterocycles. The largest absolute Gasteiger partial charge is 0.388 e. The van der Waals surface area contributed by atoms with Crippen molar-refractivity contribution in [1.29, 1.82) is 0 Å². The van der Waals surface area contributed by atoms with Crippen LogP contribution < -0.4 is 0 Å². The Balaban J connectivity index is 1.78. The van der Waals surface area contributed by atoms with Crippen LogP contribution in [-0.4, -0.2) is 62.9 Å². The van der Waals surface area contributed by atoms with Crippen LogP contribution in [0.25, 0.3) is 5.52 Å². The molecule has 0 aliphatic carbocycles. The Morgan fingerprint density at radius 3 is 3.00 bits per heavy atom. The Labute approximate surface area is 122 Å². The SMILES string of the molecule is CN(CC1(O)CCOCC1)C(=O)c1cnn2ccncc12. The normalized spacial score (nSPS) is 17.8. The fraction of sp³-hybridized carbons (Fsp3) is 0.500. The summed E-state index contributed by atoms with van der Waals surface area (Å²) in [4.78, 5) is 18.1. The molecule has 7 heteroatoms. The molecule has 1 aliphatic heterocycles. The fourth-order valence-corrected chi connectivity index (χ4v) is 2.63. The molecule has 0 spiro atoms. The molecule has 21 heavy (non-hydrogen) atoms. The number of nitrogens with zero attached hydrogens (tertiary/aromatic N) is 4. The summed E-state index contributed by atoms with van der Waals surface area (Å²) >= 11 is 0. The molecule has 0 unspecified atom stereocenters. The Bertz CT molecular complexity index is 648. The van der Waals surface area contributed by atoms with Gasteiger partial charge in [-0.3, -0.25) is 9.78 Å². The Morgan fingerprint density at radius 1 is 1.48 bits per heavy atom. The summed E-state index contributed by atoms with van der Waals surface area (Å²) in [5.74, 6) is -0.169. The Kier molecular flexibility index (Phi) is 3.60. The van der Waals surface area contributed by atoms with Crippen LogP contribution in [0.4, 0.5) is 0 Å². The van der Waals surface area contributed by atoms with E-state index in [0.29, 0.717) is 37.1 Å². The molecular weight excluding hydrogens is 272 g/mol. The summed E-state index contributed by atoms with van der Waals surface area (Å²) in [5.41, 5.74) is 0.277. The quantitative estimate of drug-likeness (QED) is 0.882. The van der Waals surface area contributed by atoms with E-state index >= 15 is 0 Å². The molecular formula is C14H18N4O3. The lowest BCUT2D eigenvalue weighted by Crippen LogP contribution is -2.47. The van der Waals surface area contributed by atoms with Gasteiger partial charge in [-0.05, 0) is 0 Å². The van der Waals surface area contributed by atoms with E-state index in [0.717, 1.165) is 0 Å². The second-order valence-electron chi connectivity index (χ2n) is 5.46. The van der Waals surface area contributed by atoms with E-state index in [-0.39, 0.29) is 12.5 Å². The number of rotatable bonds is 3. The first kappa shape index (κ1) is 14.0. The van der Waals surface area contributed by atoms with Gasteiger partial charge in [0.05, 0.1) is 29.1 Å². The molecule has 7 nitrogen and oxygen atoms in total. The molecule has 1 aliphatic rings. The predicted molar refractivity (Wildman–Crippen MR) is 75.0 cm³/mol. The molecule has 2 aromatic heterocycles. The molecule has 0 atom stereocenters. The van der Waals surface area contributed by atoms with Gasteiger partial charge in [-0.15, -0.1) is 0 Å². The average Bonchev–Trinajstić information content (AvgIpc) is 2.90. The minimum Gasteiger partial charge on any atom is -0.388 e. The summed E-state index contributed by atoms with van der Waals surface area (Å²) in [6, 6.07) is 0.